The molecule has 29 heavy (non-hydrogen) atoms. The van der Waals surface area contributed by atoms with Crippen LogP contribution in [0.1, 0.15) is 62.5 Å². The predicted octanol–water partition coefficient (Wildman–Crippen LogP) is 3.22. The molecule has 1 unspecified atom stereocenters. The van der Waals surface area contributed by atoms with Crippen LogP contribution in [0.3, 0.4) is 0 Å². The van der Waals surface area contributed by atoms with Gasteiger partial charge < -0.3 is 16.4 Å². The number of rotatable bonds is 7. The molecule has 1 atom stereocenters. The van der Waals surface area contributed by atoms with E-state index in [9.17, 15) is 9.59 Å². The fraction of sp³-hybridized carbons (Fsp3) is 0.429. The number of nitrogens with two attached hydrogens (primary N) is 1. The van der Waals surface area contributed by atoms with Crippen molar-refractivity contribution in [2.75, 3.05) is 11.1 Å². The number of amides is 1. The van der Waals surface area contributed by atoms with Crippen molar-refractivity contribution in [1.82, 2.24) is 19.9 Å². The zero-order valence-electron chi connectivity index (χ0n) is 17.4. The van der Waals surface area contributed by atoms with Gasteiger partial charge in [-0.15, -0.1) is 0 Å². The van der Waals surface area contributed by atoms with Crippen LogP contribution in [0, 0.1) is 6.92 Å². The largest absolute Gasteiger partial charge is 0.384 e. The van der Waals surface area contributed by atoms with Crippen molar-refractivity contribution in [1.29, 1.82) is 0 Å². The van der Waals surface area contributed by atoms with Gasteiger partial charge in [0.2, 0.25) is 0 Å². The van der Waals surface area contributed by atoms with E-state index in [0.29, 0.717) is 35.0 Å². The summed E-state index contributed by atoms with van der Waals surface area (Å²) in [5.41, 5.74) is 7.22. The third-order valence-corrected chi connectivity index (χ3v) is 5.27. The Bertz CT molecular complexity index is 1020. The average Bonchev–Trinajstić information content (AvgIpc) is 2.97. The fourth-order valence-corrected chi connectivity index (χ4v) is 3.91. The van der Waals surface area contributed by atoms with Crippen molar-refractivity contribution in [3.8, 4) is 0 Å². The molecular weight excluding hydrogens is 368 g/mol. The Morgan fingerprint density at radius 3 is 2.59 bits per heavy atom. The van der Waals surface area contributed by atoms with Crippen molar-refractivity contribution < 1.29 is 4.79 Å². The summed E-state index contributed by atoms with van der Waals surface area (Å²) in [6.45, 7) is 8.04. The minimum absolute atomic E-state index is 0.228. The van der Waals surface area contributed by atoms with Crippen molar-refractivity contribution in [3.63, 3.8) is 0 Å². The number of carbonyl (C=O) groups excluding carboxylic acids is 1. The maximum absolute atomic E-state index is 13.5. The molecule has 2 aromatic heterocycles. The third kappa shape index (κ3) is 3.74. The summed E-state index contributed by atoms with van der Waals surface area (Å²) in [7, 11) is 0. The molecule has 8 heteroatoms. The lowest BCUT2D eigenvalue weighted by atomic mass is 9.98. The minimum atomic E-state index is -0.868. The van der Waals surface area contributed by atoms with Crippen LogP contribution in [-0.4, -0.2) is 20.4 Å². The Morgan fingerprint density at radius 2 is 1.97 bits per heavy atom. The van der Waals surface area contributed by atoms with E-state index >= 15 is 0 Å². The van der Waals surface area contributed by atoms with Crippen molar-refractivity contribution in [2.24, 2.45) is 0 Å². The van der Waals surface area contributed by atoms with Gasteiger partial charge in [-0.05, 0) is 43.9 Å². The SMILES string of the molecule is CCCC1(C=C(CC)CC)NC(=O)c2c(C)cc(Nc3cc(N)ncn3)c(=O)n21. The van der Waals surface area contributed by atoms with Crippen LogP contribution in [0.2, 0.25) is 0 Å². The molecule has 0 fully saturated rings. The van der Waals surface area contributed by atoms with Crippen LogP contribution in [0.15, 0.2) is 34.9 Å². The topological polar surface area (TPSA) is 115 Å². The molecule has 0 saturated carbocycles. The van der Waals surface area contributed by atoms with Gasteiger partial charge in [0.05, 0.1) is 0 Å². The van der Waals surface area contributed by atoms with Crippen molar-refractivity contribution >= 4 is 23.2 Å². The second-order valence-corrected chi connectivity index (χ2v) is 7.32. The van der Waals surface area contributed by atoms with E-state index in [1.165, 1.54) is 11.9 Å². The minimum Gasteiger partial charge on any atom is -0.384 e. The van der Waals surface area contributed by atoms with E-state index in [4.69, 9.17) is 5.73 Å². The Labute approximate surface area is 170 Å². The predicted molar refractivity (Wildman–Crippen MR) is 114 cm³/mol. The number of nitrogens with one attached hydrogen (secondary N) is 2. The first-order valence-electron chi connectivity index (χ1n) is 10.00. The molecule has 0 aromatic carbocycles. The number of carbonyl (C=O) groups is 1. The average molecular weight is 396 g/mol. The number of hydrogen-bond donors (Lipinski definition) is 3. The summed E-state index contributed by atoms with van der Waals surface area (Å²) >= 11 is 0. The van der Waals surface area contributed by atoms with Crippen LogP contribution in [0.25, 0.3) is 0 Å². The quantitative estimate of drug-likeness (QED) is 0.619. The molecule has 0 saturated heterocycles. The lowest BCUT2D eigenvalue weighted by Crippen LogP contribution is -2.46. The molecule has 1 aliphatic heterocycles. The monoisotopic (exact) mass is 396 g/mol. The summed E-state index contributed by atoms with van der Waals surface area (Å²) in [4.78, 5) is 34.3. The third-order valence-electron chi connectivity index (χ3n) is 5.27. The molecule has 3 heterocycles. The van der Waals surface area contributed by atoms with Crippen LogP contribution in [-0.2, 0) is 5.66 Å². The second-order valence-electron chi connectivity index (χ2n) is 7.32. The van der Waals surface area contributed by atoms with E-state index in [2.05, 4.69) is 40.5 Å². The Kier molecular flexibility index (Phi) is 5.72. The van der Waals surface area contributed by atoms with Crippen molar-refractivity contribution in [2.45, 2.75) is 59.0 Å². The molecule has 0 spiro atoms. The highest BCUT2D eigenvalue weighted by Crippen LogP contribution is 2.32. The van der Waals surface area contributed by atoms with Crippen LogP contribution in [0.4, 0.5) is 17.3 Å². The maximum Gasteiger partial charge on any atom is 0.277 e. The molecule has 4 N–H and O–H groups in total. The highest BCUT2D eigenvalue weighted by molar-refractivity contribution is 5.97. The highest BCUT2D eigenvalue weighted by Gasteiger charge is 2.42. The summed E-state index contributed by atoms with van der Waals surface area (Å²) in [5, 5.41) is 6.12. The van der Waals surface area contributed by atoms with Gasteiger partial charge in [-0.3, -0.25) is 14.2 Å². The van der Waals surface area contributed by atoms with Crippen LogP contribution < -0.4 is 21.9 Å². The summed E-state index contributed by atoms with van der Waals surface area (Å²) in [6.07, 6.45) is 6.54. The number of nitrogens with zero attached hydrogens (tertiary/aromatic N) is 3. The summed E-state index contributed by atoms with van der Waals surface area (Å²) in [6, 6.07) is 3.24. The summed E-state index contributed by atoms with van der Waals surface area (Å²) in [5.74, 6) is 0.496. The Hall–Kier alpha value is -3.16. The van der Waals surface area contributed by atoms with Gasteiger partial charge in [0.25, 0.3) is 11.5 Å². The lowest BCUT2D eigenvalue weighted by molar-refractivity contribution is 0.0933. The Morgan fingerprint density at radius 1 is 1.24 bits per heavy atom. The van der Waals surface area contributed by atoms with Gasteiger partial charge in [0.1, 0.15) is 35.0 Å². The molecule has 0 aliphatic carbocycles. The standard InChI is InChI=1S/C21H28N6O2/c1-5-8-21(11-14(6-2)7-3)26-19(28)18-13(4)9-15(20(29)27(18)21)25-17-10-16(22)23-12-24-17/h9-12H,5-8H2,1-4H3,(H,26,28)(H3,22,23,24,25). The molecular formula is C21H28N6O2. The number of aromatic nitrogens is 3. The molecule has 154 valence electrons. The maximum atomic E-state index is 13.5. The van der Waals surface area contributed by atoms with Crippen LogP contribution in [0.5, 0.6) is 0 Å². The Balaban J connectivity index is 2.21. The van der Waals surface area contributed by atoms with E-state index in [0.717, 1.165) is 19.3 Å². The smallest absolute Gasteiger partial charge is 0.277 e. The number of hydrogen-bond acceptors (Lipinski definition) is 6. The number of anilines is 3. The molecule has 0 radical (unpaired) electrons. The van der Waals surface area contributed by atoms with E-state index in [1.54, 1.807) is 16.7 Å². The van der Waals surface area contributed by atoms with Gasteiger partial charge in [-0.1, -0.05) is 32.8 Å². The van der Waals surface area contributed by atoms with Crippen molar-refractivity contribution in [3.05, 3.63) is 51.7 Å². The van der Waals surface area contributed by atoms with Gasteiger partial charge in [0, 0.05) is 6.07 Å². The number of fused-ring (bicyclic) bond motifs is 1. The molecule has 0 bridgehead atoms. The van der Waals surface area contributed by atoms with Crippen LogP contribution >= 0.6 is 0 Å². The molecule has 3 rings (SSSR count). The number of pyridine rings is 1. The number of aryl methyl sites for hydroxylation is 1. The number of nitrogen functional groups attached to an aromatic ring is 1. The second kappa shape index (κ2) is 8.06. The zero-order chi connectivity index (χ0) is 21.2. The van der Waals surface area contributed by atoms with Gasteiger partial charge in [-0.2, -0.15) is 0 Å². The highest BCUT2D eigenvalue weighted by atomic mass is 16.2. The first-order chi connectivity index (χ1) is 13.8. The van der Waals surface area contributed by atoms with E-state index in [1.807, 2.05) is 13.8 Å². The van der Waals surface area contributed by atoms with Gasteiger partial charge >= 0.3 is 0 Å². The molecule has 2 aromatic rings. The first-order valence-corrected chi connectivity index (χ1v) is 10.00. The molecule has 8 nitrogen and oxygen atoms in total. The van der Waals surface area contributed by atoms with Gasteiger partial charge in [0.15, 0.2) is 0 Å². The van der Waals surface area contributed by atoms with E-state index in [-0.39, 0.29) is 11.5 Å². The normalized spacial score (nSPS) is 17.6. The first kappa shape index (κ1) is 20.6. The van der Waals surface area contributed by atoms with Gasteiger partial charge in [-0.25, -0.2) is 9.97 Å². The molecule has 1 amide bonds. The molecule has 1 aliphatic rings. The summed E-state index contributed by atoms with van der Waals surface area (Å²) < 4.78 is 1.60. The number of allylic oxidation sites excluding steroid dienone is 1. The lowest BCUT2D eigenvalue weighted by Gasteiger charge is -2.30. The fourth-order valence-electron chi connectivity index (χ4n) is 3.91. The van der Waals surface area contributed by atoms with E-state index < -0.39 is 5.66 Å². The zero-order valence-corrected chi connectivity index (χ0v) is 17.4.